The number of benzene rings is 3. The van der Waals surface area contributed by atoms with Crippen LogP contribution >= 0.6 is 0 Å². The largest absolute Gasteiger partial charge is 0.494 e. The minimum absolute atomic E-state index is 0.197. The van der Waals surface area contributed by atoms with Crippen molar-refractivity contribution in [3.8, 4) is 5.75 Å². The number of nitrogens with zero attached hydrogens (tertiary/aromatic N) is 1. The third kappa shape index (κ3) is 6.27. The lowest BCUT2D eigenvalue weighted by atomic mass is 10.1. The van der Waals surface area contributed by atoms with Gasteiger partial charge in [-0.2, -0.15) is 5.10 Å². The summed E-state index contributed by atoms with van der Waals surface area (Å²) in [5.41, 5.74) is 3.89. The Morgan fingerprint density at radius 1 is 0.844 bits per heavy atom. The Hall–Kier alpha value is -4.46. The Balaban J connectivity index is 1.62. The normalized spacial score (nSPS) is 10.4. The van der Waals surface area contributed by atoms with Crippen LogP contribution < -0.4 is 20.8 Å². The summed E-state index contributed by atoms with van der Waals surface area (Å²) in [6, 6.07) is 22.4. The van der Waals surface area contributed by atoms with Gasteiger partial charge in [-0.25, -0.2) is 5.43 Å². The molecule has 0 saturated heterocycles. The van der Waals surface area contributed by atoms with Crippen LogP contribution in [-0.4, -0.2) is 30.5 Å². The van der Waals surface area contributed by atoms with Gasteiger partial charge in [0.25, 0.3) is 5.91 Å². The number of anilines is 2. The van der Waals surface area contributed by atoms with E-state index in [1.54, 1.807) is 54.6 Å². The van der Waals surface area contributed by atoms with E-state index in [9.17, 15) is 14.4 Å². The Labute approximate surface area is 185 Å². The van der Waals surface area contributed by atoms with E-state index in [-0.39, 0.29) is 11.3 Å². The van der Waals surface area contributed by atoms with Crippen molar-refractivity contribution in [1.82, 2.24) is 5.43 Å². The summed E-state index contributed by atoms with van der Waals surface area (Å²) in [6.45, 7) is 2.43. The number of para-hydroxylation sites is 1. The lowest BCUT2D eigenvalue weighted by Crippen LogP contribution is -2.33. The van der Waals surface area contributed by atoms with E-state index in [0.717, 1.165) is 5.56 Å². The molecule has 162 valence electrons. The van der Waals surface area contributed by atoms with Crippen molar-refractivity contribution in [2.45, 2.75) is 6.92 Å². The van der Waals surface area contributed by atoms with Crippen LogP contribution in [0.2, 0.25) is 0 Å². The number of carbonyl (C=O) groups is 3. The molecule has 3 aromatic carbocycles. The average Bonchev–Trinajstić information content (AvgIpc) is 2.81. The molecule has 3 amide bonds. The van der Waals surface area contributed by atoms with Gasteiger partial charge in [-0.05, 0) is 48.9 Å². The standard InChI is InChI=1S/C24H22N4O4/c1-2-32-19-14-12-18(13-15-19)26-22(29)20-10-6-7-11-21(20)27-23(30)24(31)28-25-16-17-8-4-3-5-9-17/h3-16H,2H2,1H3,(H,26,29)(H,27,30)(H,28,31)/b25-16-. The fourth-order valence-electron chi connectivity index (χ4n) is 2.72. The highest BCUT2D eigenvalue weighted by Gasteiger charge is 2.17. The van der Waals surface area contributed by atoms with E-state index >= 15 is 0 Å². The van der Waals surface area contributed by atoms with E-state index < -0.39 is 17.7 Å². The average molecular weight is 430 g/mol. The minimum atomic E-state index is -0.959. The number of hydrogen-bond acceptors (Lipinski definition) is 5. The predicted octanol–water partition coefficient (Wildman–Crippen LogP) is 3.43. The molecule has 3 N–H and O–H groups in total. The molecule has 3 aromatic rings. The topological polar surface area (TPSA) is 109 Å². The number of rotatable bonds is 7. The van der Waals surface area contributed by atoms with Gasteiger partial charge < -0.3 is 15.4 Å². The Kier molecular flexibility index (Phi) is 7.69. The van der Waals surface area contributed by atoms with Gasteiger partial charge in [0.15, 0.2) is 0 Å². The minimum Gasteiger partial charge on any atom is -0.494 e. The fourth-order valence-corrected chi connectivity index (χ4v) is 2.72. The molecule has 0 heterocycles. The molecule has 3 rings (SSSR count). The molecule has 32 heavy (non-hydrogen) atoms. The van der Waals surface area contributed by atoms with Crippen LogP contribution in [0, 0.1) is 0 Å². The molecule has 0 aliphatic rings. The molecule has 0 aromatic heterocycles. The maximum absolute atomic E-state index is 12.7. The first-order chi connectivity index (χ1) is 15.6. The molecule has 0 atom stereocenters. The second-order valence-corrected chi connectivity index (χ2v) is 6.52. The van der Waals surface area contributed by atoms with E-state index in [0.29, 0.717) is 18.0 Å². The van der Waals surface area contributed by atoms with Crippen molar-refractivity contribution in [2.75, 3.05) is 17.2 Å². The van der Waals surface area contributed by atoms with E-state index in [4.69, 9.17) is 4.74 Å². The van der Waals surface area contributed by atoms with Gasteiger partial charge in [-0.15, -0.1) is 0 Å². The highest BCUT2D eigenvalue weighted by molar-refractivity contribution is 6.40. The number of amides is 3. The van der Waals surface area contributed by atoms with Crippen molar-refractivity contribution in [3.05, 3.63) is 90.0 Å². The molecule has 0 unspecified atom stereocenters. The monoisotopic (exact) mass is 430 g/mol. The van der Waals surface area contributed by atoms with Gasteiger partial charge >= 0.3 is 11.8 Å². The molecule has 0 spiro atoms. The van der Waals surface area contributed by atoms with Crippen molar-refractivity contribution in [3.63, 3.8) is 0 Å². The summed E-state index contributed by atoms with van der Waals surface area (Å²) >= 11 is 0. The van der Waals surface area contributed by atoms with E-state index in [1.807, 2.05) is 25.1 Å². The first kappa shape index (κ1) is 22.2. The van der Waals surface area contributed by atoms with E-state index in [2.05, 4.69) is 21.2 Å². The lowest BCUT2D eigenvalue weighted by Gasteiger charge is -2.11. The summed E-state index contributed by atoms with van der Waals surface area (Å²) in [5, 5.41) is 8.96. The Morgan fingerprint density at radius 3 is 2.25 bits per heavy atom. The smallest absolute Gasteiger partial charge is 0.329 e. The molecule has 0 saturated carbocycles. The van der Waals surface area contributed by atoms with Crippen LogP contribution in [0.15, 0.2) is 84.0 Å². The summed E-state index contributed by atoms with van der Waals surface area (Å²) in [4.78, 5) is 37.0. The molecule has 0 aliphatic carbocycles. The van der Waals surface area contributed by atoms with Crippen LogP contribution in [0.1, 0.15) is 22.8 Å². The number of nitrogens with one attached hydrogen (secondary N) is 3. The quantitative estimate of drug-likeness (QED) is 0.303. The van der Waals surface area contributed by atoms with Crippen LogP contribution in [0.25, 0.3) is 0 Å². The molecule has 0 fully saturated rings. The molecule has 0 radical (unpaired) electrons. The number of hydrazone groups is 1. The molecule has 8 heteroatoms. The van der Waals surface area contributed by atoms with Gasteiger partial charge in [-0.1, -0.05) is 42.5 Å². The summed E-state index contributed by atoms with van der Waals surface area (Å²) in [5.74, 6) is -1.65. The fraction of sp³-hybridized carbons (Fsp3) is 0.0833. The zero-order valence-corrected chi connectivity index (χ0v) is 17.4. The van der Waals surface area contributed by atoms with Crippen molar-refractivity contribution < 1.29 is 19.1 Å². The predicted molar refractivity (Wildman–Crippen MR) is 123 cm³/mol. The highest BCUT2D eigenvalue weighted by atomic mass is 16.5. The molecular formula is C24H22N4O4. The molecule has 0 bridgehead atoms. The number of hydrogen-bond donors (Lipinski definition) is 3. The summed E-state index contributed by atoms with van der Waals surface area (Å²) in [7, 11) is 0. The van der Waals surface area contributed by atoms with Crippen LogP contribution in [-0.2, 0) is 9.59 Å². The third-order valence-electron chi connectivity index (χ3n) is 4.23. The van der Waals surface area contributed by atoms with Gasteiger partial charge in [-0.3, -0.25) is 14.4 Å². The zero-order chi connectivity index (χ0) is 22.8. The first-order valence-corrected chi connectivity index (χ1v) is 9.89. The SMILES string of the molecule is CCOc1ccc(NC(=O)c2ccccc2NC(=O)C(=O)N/N=C\c2ccccc2)cc1. The maximum Gasteiger partial charge on any atom is 0.329 e. The number of carbonyl (C=O) groups excluding carboxylic acids is 3. The van der Waals surface area contributed by atoms with Gasteiger partial charge in [0.2, 0.25) is 0 Å². The second kappa shape index (κ2) is 11.1. The third-order valence-corrected chi connectivity index (χ3v) is 4.23. The van der Waals surface area contributed by atoms with E-state index in [1.165, 1.54) is 12.3 Å². The lowest BCUT2D eigenvalue weighted by molar-refractivity contribution is -0.136. The maximum atomic E-state index is 12.7. The van der Waals surface area contributed by atoms with Crippen LogP contribution in [0.4, 0.5) is 11.4 Å². The van der Waals surface area contributed by atoms with Crippen molar-refractivity contribution in [1.29, 1.82) is 0 Å². The van der Waals surface area contributed by atoms with Crippen molar-refractivity contribution >= 4 is 35.3 Å². The van der Waals surface area contributed by atoms with Gasteiger partial charge in [0.1, 0.15) is 5.75 Å². The Morgan fingerprint density at radius 2 is 1.53 bits per heavy atom. The van der Waals surface area contributed by atoms with Crippen LogP contribution in [0.5, 0.6) is 5.75 Å². The van der Waals surface area contributed by atoms with Gasteiger partial charge in [0.05, 0.1) is 24.1 Å². The highest BCUT2D eigenvalue weighted by Crippen LogP contribution is 2.19. The van der Waals surface area contributed by atoms with Crippen LogP contribution in [0.3, 0.4) is 0 Å². The summed E-state index contributed by atoms with van der Waals surface area (Å²) in [6.07, 6.45) is 1.42. The van der Waals surface area contributed by atoms with Crippen molar-refractivity contribution in [2.24, 2.45) is 5.10 Å². The summed E-state index contributed by atoms with van der Waals surface area (Å²) < 4.78 is 5.38. The second-order valence-electron chi connectivity index (χ2n) is 6.52. The zero-order valence-electron chi connectivity index (χ0n) is 17.4. The van der Waals surface area contributed by atoms with Gasteiger partial charge in [0, 0.05) is 5.69 Å². The number of ether oxygens (including phenoxy) is 1. The molecule has 0 aliphatic heterocycles. The molecule has 8 nitrogen and oxygen atoms in total. The Bertz CT molecular complexity index is 1110. The molecular weight excluding hydrogens is 408 g/mol. The first-order valence-electron chi connectivity index (χ1n) is 9.89.